The highest BCUT2D eigenvalue weighted by Gasteiger charge is 2.37. The first-order valence-corrected chi connectivity index (χ1v) is 7.14. The number of nitrogens with zero attached hydrogens (tertiary/aromatic N) is 1. The fraction of sp³-hybridized carbons (Fsp3) is 0.769. The largest absolute Gasteiger partial charge is 0.309 e. The normalized spacial score (nSPS) is 23.8. The van der Waals surface area contributed by atoms with Crippen LogP contribution in [0.3, 0.4) is 0 Å². The zero-order valence-electron chi connectivity index (χ0n) is 11.2. The Morgan fingerprint density at radius 3 is 2.53 bits per heavy atom. The number of nitrogens with one attached hydrogen (secondary N) is 2. The van der Waals surface area contributed by atoms with Crippen LogP contribution in [0, 0.1) is 0 Å². The Kier molecular flexibility index (Phi) is 3.57. The summed E-state index contributed by atoms with van der Waals surface area (Å²) in [5, 5.41) is 7.37. The van der Waals surface area contributed by atoms with Gasteiger partial charge in [-0.3, -0.25) is 4.98 Å². The molecule has 0 radical (unpaired) electrons. The van der Waals surface area contributed by atoms with Crippen molar-refractivity contribution in [2.45, 2.75) is 64.2 Å². The van der Waals surface area contributed by atoms with Crippen LogP contribution in [0.15, 0.2) is 11.7 Å². The summed E-state index contributed by atoms with van der Waals surface area (Å²) in [6.07, 6.45) is 4.31. The highest BCUT2D eigenvalue weighted by Crippen LogP contribution is 2.28. The van der Waals surface area contributed by atoms with Crippen LogP contribution < -0.4 is 10.6 Å². The van der Waals surface area contributed by atoms with E-state index in [-0.39, 0.29) is 11.1 Å². The molecule has 2 rings (SSSR count). The molecule has 0 atom stereocenters. The van der Waals surface area contributed by atoms with E-state index in [1.807, 2.05) is 11.7 Å². The molecule has 0 aliphatic carbocycles. The summed E-state index contributed by atoms with van der Waals surface area (Å²) in [6.45, 7) is 10.1. The van der Waals surface area contributed by atoms with Crippen LogP contribution in [0.2, 0.25) is 0 Å². The second kappa shape index (κ2) is 4.67. The molecule has 0 amide bonds. The van der Waals surface area contributed by atoms with Gasteiger partial charge in [0.15, 0.2) is 0 Å². The summed E-state index contributed by atoms with van der Waals surface area (Å²) in [7, 11) is 0. The molecule has 1 saturated heterocycles. The van der Waals surface area contributed by atoms with E-state index in [2.05, 4.69) is 43.3 Å². The van der Waals surface area contributed by atoms with Crippen molar-refractivity contribution in [3.8, 4) is 0 Å². The predicted molar refractivity (Wildman–Crippen MR) is 73.3 cm³/mol. The molecule has 1 aromatic heterocycles. The van der Waals surface area contributed by atoms with Gasteiger partial charge in [-0.2, -0.15) is 0 Å². The molecule has 1 aliphatic rings. The Labute approximate surface area is 108 Å². The molecule has 1 aliphatic heterocycles. The van der Waals surface area contributed by atoms with Gasteiger partial charge in [0, 0.05) is 34.7 Å². The minimum Gasteiger partial charge on any atom is -0.309 e. The average molecular weight is 253 g/mol. The molecule has 96 valence electrons. The van der Waals surface area contributed by atoms with E-state index in [9.17, 15) is 0 Å². The van der Waals surface area contributed by atoms with Crippen molar-refractivity contribution in [3.63, 3.8) is 0 Å². The second-order valence-corrected chi connectivity index (χ2v) is 7.32. The predicted octanol–water partition coefficient (Wildman–Crippen LogP) is 2.54. The van der Waals surface area contributed by atoms with Gasteiger partial charge in [0.2, 0.25) is 0 Å². The molecule has 4 heteroatoms. The van der Waals surface area contributed by atoms with Crippen LogP contribution in [0.1, 0.15) is 45.4 Å². The third-order valence-corrected chi connectivity index (χ3v) is 4.02. The second-order valence-electron chi connectivity index (χ2n) is 6.35. The molecule has 0 bridgehead atoms. The molecule has 0 unspecified atom stereocenters. The Bertz CT molecular complexity index is 341. The number of aromatic nitrogens is 1. The first-order chi connectivity index (χ1) is 7.86. The lowest BCUT2D eigenvalue weighted by molar-refractivity contribution is 0.146. The number of hydrogen-bond acceptors (Lipinski definition) is 4. The highest BCUT2D eigenvalue weighted by atomic mass is 32.1. The van der Waals surface area contributed by atoms with Crippen molar-refractivity contribution in [1.29, 1.82) is 0 Å². The minimum absolute atomic E-state index is 0.215. The Morgan fingerprint density at radius 1 is 1.35 bits per heavy atom. The highest BCUT2D eigenvalue weighted by molar-refractivity contribution is 7.09. The first-order valence-electron chi connectivity index (χ1n) is 6.26. The van der Waals surface area contributed by atoms with Crippen molar-refractivity contribution in [2.24, 2.45) is 0 Å². The van der Waals surface area contributed by atoms with E-state index in [1.165, 1.54) is 17.7 Å². The van der Waals surface area contributed by atoms with E-state index < -0.39 is 0 Å². The number of thiazole rings is 1. The molecule has 1 fully saturated rings. The average Bonchev–Trinajstić information content (AvgIpc) is 2.61. The van der Waals surface area contributed by atoms with Gasteiger partial charge in [-0.05, 0) is 40.5 Å². The lowest BCUT2D eigenvalue weighted by Gasteiger charge is -2.46. The van der Waals surface area contributed by atoms with Gasteiger partial charge in [-0.1, -0.05) is 0 Å². The number of rotatable bonds is 3. The van der Waals surface area contributed by atoms with Crippen LogP contribution in [-0.2, 0) is 6.54 Å². The van der Waals surface area contributed by atoms with Crippen molar-refractivity contribution < 1.29 is 0 Å². The zero-order valence-corrected chi connectivity index (χ0v) is 12.0. The third kappa shape index (κ3) is 3.76. The number of hydrogen-bond donors (Lipinski definition) is 2. The van der Waals surface area contributed by atoms with Crippen molar-refractivity contribution in [1.82, 2.24) is 15.6 Å². The Morgan fingerprint density at radius 2 is 2.00 bits per heavy atom. The van der Waals surface area contributed by atoms with Gasteiger partial charge in [-0.15, -0.1) is 11.3 Å². The quantitative estimate of drug-likeness (QED) is 0.869. The molecular formula is C13H23N3S. The van der Waals surface area contributed by atoms with E-state index in [4.69, 9.17) is 0 Å². The fourth-order valence-corrected chi connectivity index (χ4v) is 3.59. The topological polar surface area (TPSA) is 37.0 Å². The van der Waals surface area contributed by atoms with Crippen LogP contribution in [-0.4, -0.2) is 22.1 Å². The summed E-state index contributed by atoms with van der Waals surface area (Å²) in [5.41, 5.74) is 2.33. The molecule has 0 saturated carbocycles. The molecular weight excluding hydrogens is 230 g/mol. The summed E-state index contributed by atoms with van der Waals surface area (Å²) in [5.74, 6) is 0. The maximum absolute atomic E-state index is 4.11. The smallest absolute Gasteiger partial charge is 0.0794 e. The van der Waals surface area contributed by atoms with Gasteiger partial charge in [-0.25, -0.2) is 0 Å². The Balaban J connectivity index is 1.92. The molecule has 0 spiro atoms. The summed E-state index contributed by atoms with van der Waals surface area (Å²) >= 11 is 1.72. The summed E-state index contributed by atoms with van der Waals surface area (Å²) < 4.78 is 0. The molecule has 2 N–H and O–H groups in total. The van der Waals surface area contributed by atoms with Crippen molar-refractivity contribution >= 4 is 11.3 Å². The summed E-state index contributed by atoms with van der Waals surface area (Å²) in [4.78, 5) is 5.43. The van der Waals surface area contributed by atoms with E-state index in [1.54, 1.807) is 11.3 Å². The van der Waals surface area contributed by atoms with Gasteiger partial charge in [0.25, 0.3) is 0 Å². The van der Waals surface area contributed by atoms with Crippen LogP contribution in [0.5, 0.6) is 0 Å². The summed E-state index contributed by atoms with van der Waals surface area (Å²) in [6, 6.07) is 0.586. The van der Waals surface area contributed by atoms with E-state index in [0.29, 0.717) is 6.04 Å². The van der Waals surface area contributed by atoms with Gasteiger partial charge >= 0.3 is 0 Å². The fourth-order valence-electron chi connectivity index (χ4n) is 3.04. The standard InChI is InChI=1S/C13H23N3S/c1-12(2)5-10(6-13(3,4)16-12)15-8-11-7-14-9-17-11/h7,9-10,15-16H,5-6,8H2,1-4H3. The van der Waals surface area contributed by atoms with Crippen molar-refractivity contribution in [3.05, 3.63) is 16.6 Å². The molecule has 1 aromatic rings. The van der Waals surface area contributed by atoms with E-state index >= 15 is 0 Å². The van der Waals surface area contributed by atoms with E-state index in [0.717, 1.165) is 6.54 Å². The maximum Gasteiger partial charge on any atom is 0.0794 e. The van der Waals surface area contributed by atoms with Crippen molar-refractivity contribution in [2.75, 3.05) is 0 Å². The molecule has 0 aromatic carbocycles. The van der Waals surface area contributed by atoms with Gasteiger partial charge < -0.3 is 10.6 Å². The molecule has 17 heavy (non-hydrogen) atoms. The monoisotopic (exact) mass is 253 g/mol. The SMILES string of the molecule is CC1(C)CC(NCc2cncs2)CC(C)(C)N1. The van der Waals surface area contributed by atoms with Crippen LogP contribution in [0.25, 0.3) is 0 Å². The zero-order chi connectivity index (χ0) is 12.5. The van der Waals surface area contributed by atoms with Gasteiger partial charge in [0.1, 0.15) is 0 Å². The molecule has 3 nitrogen and oxygen atoms in total. The third-order valence-electron chi connectivity index (χ3n) is 3.24. The number of piperidine rings is 1. The minimum atomic E-state index is 0.215. The van der Waals surface area contributed by atoms with Crippen LogP contribution in [0.4, 0.5) is 0 Å². The Hall–Kier alpha value is -0.450. The molecule has 2 heterocycles. The lowest BCUT2D eigenvalue weighted by Crippen LogP contribution is -2.61. The first kappa shape index (κ1) is 13.0. The maximum atomic E-state index is 4.11. The van der Waals surface area contributed by atoms with Gasteiger partial charge in [0.05, 0.1) is 5.51 Å². The lowest BCUT2D eigenvalue weighted by atomic mass is 9.79. The van der Waals surface area contributed by atoms with Crippen LogP contribution >= 0.6 is 11.3 Å².